The van der Waals surface area contributed by atoms with Crippen molar-refractivity contribution in [2.24, 2.45) is 5.92 Å². The van der Waals surface area contributed by atoms with Gasteiger partial charge in [0.05, 0.1) is 6.61 Å². The molecule has 0 radical (unpaired) electrons. The Kier molecular flexibility index (Phi) is 16.4. The summed E-state index contributed by atoms with van der Waals surface area (Å²) in [5, 5.41) is 0. The van der Waals surface area contributed by atoms with Crippen molar-refractivity contribution >= 4 is 5.97 Å². The lowest BCUT2D eigenvalue weighted by molar-refractivity contribution is -0.145. The molecule has 0 atom stereocenters. The molecule has 0 amide bonds. The molecule has 0 saturated carbocycles. The SMILES string of the molecule is CCCCCCC(CCCCCC)COC(=O)CCCCC. The summed E-state index contributed by atoms with van der Waals surface area (Å²) in [5.41, 5.74) is 0. The Morgan fingerprint density at radius 3 is 1.73 bits per heavy atom. The highest BCUT2D eigenvalue weighted by atomic mass is 16.5. The molecule has 0 spiro atoms. The Labute approximate surface area is 139 Å². The number of hydrogen-bond donors (Lipinski definition) is 0. The van der Waals surface area contributed by atoms with Gasteiger partial charge >= 0.3 is 5.97 Å². The molecule has 0 heterocycles. The molecule has 0 unspecified atom stereocenters. The monoisotopic (exact) mass is 312 g/mol. The maximum atomic E-state index is 11.8. The molecule has 2 nitrogen and oxygen atoms in total. The van der Waals surface area contributed by atoms with Crippen LogP contribution in [0.3, 0.4) is 0 Å². The van der Waals surface area contributed by atoms with Crippen LogP contribution in [0.25, 0.3) is 0 Å². The molecular formula is C20H40O2. The summed E-state index contributed by atoms with van der Waals surface area (Å²) in [4.78, 5) is 11.8. The van der Waals surface area contributed by atoms with E-state index in [1.54, 1.807) is 0 Å². The fourth-order valence-corrected chi connectivity index (χ4v) is 2.83. The fraction of sp³-hybridized carbons (Fsp3) is 0.950. The second-order valence-corrected chi connectivity index (χ2v) is 6.70. The fourth-order valence-electron chi connectivity index (χ4n) is 2.83. The number of ether oxygens (including phenoxy) is 1. The van der Waals surface area contributed by atoms with Crippen molar-refractivity contribution in [3.05, 3.63) is 0 Å². The standard InChI is InChI=1S/C20H40O2/c1-4-7-10-13-15-19(16-14-11-8-5-2)18-22-20(21)17-12-9-6-3/h19H,4-18H2,1-3H3. The van der Waals surface area contributed by atoms with Crippen LogP contribution in [-0.4, -0.2) is 12.6 Å². The summed E-state index contributed by atoms with van der Waals surface area (Å²) in [6.07, 6.45) is 16.8. The van der Waals surface area contributed by atoms with Crippen molar-refractivity contribution in [3.8, 4) is 0 Å². The topological polar surface area (TPSA) is 26.3 Å². The van der Waals surface area contributed by atoms with Crippen molar-refractivity contribution in [2.45, 2.75) is 111 Å². The van der Waals surface area contributed by atoms with E-state index in [4.69, 9.17) is 4.74 Å². The number of carbonyl (C=O) groups excluding carboxylic acids is 1. The molecule has 0 aliphatic heterocycles. The molecule has 0 aromatic rings. The van der Waals surface area contributed by atoms with E-state index in [0.717, 1.165) is 19.3 Å². The molecular weight excluding hydrogens is 272 g/mol. The Balaban J connectivity index is 3.90. The predicted molar refractivity (Wildman–Crippen MR) is 96.1 cm³/mol. The van der Waals surface area contributed by atoms with Gasteiger partial charge in [0.25, 0.3) is 0 Å². The maximum Gasteiger partial charge on any atom is 0.305 e. The first-order valence-corrected chi connectivity index (χ1v) is 9.90. The van der Waals surface area contributed by atoms with Crippen molar-refractivity contribution in [3.63, 3.8) is 0 Å². The van der Waals surface area contributed by atoms with Gasteiger partial charge in [-0.05, 0) is 25.2 Å². The number of rotatable bonds is 16. The molecule has 132 valence electrons. The Morgan fingerprint density at radius 1 is 0.727 bits per heavy atom. The van der Waals surface area contributed by atoms with E-state index < -0.39 is 0 Å². The second-order valence-electron chi connectivity index (χ2n) is 6.70. The highest BCUT2D eigenvalue weighted by Crippen LogP contribution is 2.19. The van der Waals surface area contributed by atoms with E-state index in [2.05, 4.69) is 20.8 Å². The van der Waals surface area contributed by atoms with Crippen LogP contribution in [0.4, 0.5) is 0 Å². The van der Waals surface area contributed by atoms with Gasteiger partial charge in [-0.15, -0.1) is 0 Å². The molecule has 0 bridgehead atoms. The van der Waals surface area contributed by atoms with Gasteiger partial charge in [-0.2, -0.15) is 0 Å². The maximum absolute atomic E-state index is 11.8. The molecule has 0 aliphatic carbocycles. The molecule has 0 aliphatic rings. The normalized spacial score (nSPS) is 11.1. The average Bonchev–Trinajstić information content (AvgIpc) is 2.52. The zero-order valence-corrected chi connectivity index (χ0v) is 15.5. The van der Waals surface area contributed by atoms with E-state index in [-0.39, 0.29) is 5.97 Å². The summed E-state index contributed by atoms with van der Waals surface area (Å²) in [6, 6.07) is 0. The van der Waals surface area contributed by atoms with Gasteiger partial charge in [0.15, 0.2) is 0 Å². The van der Waals surface area contributed by atoms with Crippen LogP contribution in [0.2, 0.25) is 0 Å². The van der Waals surface area contributed by atoms with Crippen LogP contribution in [0.1, 0.15) is 111 Å². The molecule has 0 saturated heterocycles. The third-order valence-corrected chi connectivity index (χ3v) is 4.40. The van der Waals surface area contributed by atoms with Crippen LogP contribution in [0, 0.1) is 5.92 Å². The van der Waals surface area contributed by atoms with E-state index in [0.29, 0.717) is 18.9 Å². The van der Waals surface area contributed by atoms with Crippen LogP contribution >= 0.6 is 0 Å². The molecule has 0 rings (SSSR count). The summed E-state index contributed by atoms with van der Waals surface area (Å²) < 4.78 is 5.53. The van der Waals surface area contributed by atoms with Crippen molar-refractivity contribution in [1.29, 1.82) is 0 Å². The Bertz CT molecular complexity index is 226. The number of hydrogen-bond acceptors (Lipinski definition) is 2. The number of esters is 1. The highest BCUT2D eigenvalue weighted by Gasteiger charge is 2.12. The minimum atomic E-state index is 0.0144. The summed E-state index contributed by atoms with van der Waals surface area (Å²) in [6.45, 7) is 7.32. The summed E-state index contributed by atoms with van der Waals surface area (Å²) in [5.74, 6) is 0.601. The molecule has 0 aromatic heterocycles. The van der Waals surface area contributed by atoms with Crippen molar-refractivity contribution in [2.75, 3.05) is 6.61 Å². The van der Waals surface area contributed by atoms with Gasteiger partial charge in [-0.25, -0.2) is 0 Å². The molecule has 0 aromatic carbocycles. The lowest BCUT2D eigenvalue weighted by atomic mass is 9.95. The number of unbranched alkanes of at least 4 members (excludes halogenated alkanes) is 8. The van der Waals surface area contributed by atoms with Crippen molar-refractivity contribution in [1.82, 2.24) is 0 Å². The summed E-state index contributed by atoms with van der Waals surface area (Å²) in [7, 11) is 0. The van der Waals surface area contributed by atoms with Crippen molar-refractivity contribution < 1.29 is 9.53 Å². The molecule has 0 fully saturated rings. The van der Waals surface area contributed by atoms with Gasteiger partial charge in [0, 0.05) is 6.42 Å². The van der Waals surface area contributed by atoms with Gasteiger partial charge in [-0.3, -0.25) is 4.79 Å². The van der Waals surface area contributed by atoms with Crippen LogP contribution in [0.5, 0.6) is 0 Å². The largest absolute Gasteiger partial charge is 0.465 e. The smallest absolute Gasteiger partial charge is 0.305 e. The Hall–Kier alpha value is -0.530. The van der Waals surface area contributed by atoms with Gasteiger partial charge in [-0.1, -0.05) is 85.0 Å². The lowest BCUT2D eigenvalue weighted by Crippen LogP contribution is -2.14. The first-order chi connectivity index (χ1) is 10.7. The predicted octanol–water partition coefficient (Wildman–Crippen LogP) is 6.67. The van der Waals surface area contributed by atoms with Crippen LogP contribution in [-0.2, 0) is 9.53 Å². The molecule has 2 heteroatoms. The van der Waals surface area contributed by atoms with E-state index in [9.17, 15) is 4.79 Å². The third-order valence-electron chi connectivity index (χ3n) is 4.40. The minimum absolute atomic E-state index is 0.0144. The zero-order valence-electron chi connectivity index (χ0n) is 15.5. The van der Waals surface area contributed by atoms with Gasteiger partial charge < -0.3 is 4.74 Å². The first-order valence-electron chi connectivity index (χ1n) is 9.90. The zero-order chi connectivity index (χ0) is 16.5. The highest BCUT2D eigenvalue weighted by molar-refractivity contribution is 5.69. The lowest BCUT2D eigenvalue weighted by Gasteiger charge is -2.17. The second kappa shape index (κ2) is 16.8. The Morgan fingerprint density at radius 2 is 1.23 bits per heavy atom. The average molecular weight is 313 g/mol. The first kappa shape index (κ1) is 21.5. The minimum Gasteiger partial charge on any atom is -0.465 e. The van der Waals surface area contributed by atoms with Crippen LogP contribution in [0.15, 0.2) is 0 Å². The quantitative estimate of drug-likeness (QED) is 0.235. The van der Waals surface area contributed by atoms with Crippen LogP contribution < -0.4 is 0 Å². The summed E-state index contributed by atoms with van der Waals surface area (Å²) >= 11 is 0. The van der Waals surface area contributed by atoms with Gasteiger partial charge in [0.1, 0.15) is 0 Å². The molecule has 0 N–H and O–H groups in total. The number of carbonyl (C=O) groups is 1. The third kappa shape index (κ3) is 14.4. The van der Waals surface area contributed by atoms with E-state index in [1.807, 2.05) is 0 Å². The van der Waals surface area contributed by atoms with Gasteiger partial charge in [0.2, 0.25) is 0 Å². The van der Waals surface area contributed by atoms with E-state index in [1.165, 1.54) is 64.2 Å². The molecule has 22 heavy (non-hydrogen) atoms. The van der Waals surface area contributed by atoms with E-state index >= 15 is 0 Å².